The van der Waals surface area contributed by atoms with Gasteiger partial charge in [-0.1, -0.05) is 0 Å². The zero-order valence-corrected chi connectivity index (χ0v) is 5.09. The highest BCUT2D eigenvalue weighted by Gasteiger charge is 2.09. The van der Waals surface area contributed by atoms with Gasteiger partial charge in [-0.05, 0) is 0 Å². The van der Waals surface area contributed by atoms with E-state index < -0.39 is 0 Å². The van der Waals surface area contributed by atoms with Crippen LogP contribution in [0.3, 0.4) is 0 Å². The Bertz CT molecular complexity index is 111. The normalized spacial score (nSPS) is 20.0. The first kappa shape index (κ1) is 5.44. The fraction of sp³-hybridized carbons (Fsp3) is 0.600. The Morgan fingerprint density at radius 3 is 2.88 bits per heavy atom. The van der Waals surface area contributed by atoms with Crippen LogP contribution in [0.15, 0.2) is 12.0 Å². The predicted octanol–water partition coefficient (Wildman–Crippen LogP) is -0.0610. The van der Waals surface area contributed by atoms with Gasteiger partial charge in [0.05, 0.1) is 19.9 Å². The molecule has 0 saturated carbocycles. The molecule has 0 aliphatic carbocycles. The van der Waals surface area contributed by atoms with E-state index in [9.17, 15) is 0 Å². The molecule has 0 aromatic carbocycles. The van der Waals surface area contributed by atoms with Crippen LogP contribution in [-0.2, 0) is 4.74 Å². The Morgan fingerprint density at radius 2 is 2.62 bits per heavy atom. The highest BCUT2D eigenvalue weighted by Crippen LogP contribution is 2.02. The average Bonchev–Trinajstić information content (AvgIpc) is 2.14. The van der Waals surface area contributed by atoms with E-state index in [1.807, 2.05) is 12.1 Å². The van der Waals surface area contributed by atoms with Crippen molar-refractivity contribution in [2.45, 2.75) is 0 Å². The summed E-state index contributed by atoms with van der Waals surface area (Å²) in [6, 6.07) is 0. The van der Waals surface area contributed by atoms with Crippen LogP contribution in [0.25, 0.3) is 0 Å². The first-order chi connectivity index (χ1) is 3.83. The number of ether oxygens (including phenoxy) is 1. The topological polar surface area (TPSA) is 26.6 Å². The van der Waals surface area contributed by atoms with Crippen LogP contribution < -0.4 is 5.43 Å². The average molecular weight is 113 g/mol. The molecule has 0 spiro atoms. The molecule has 3 heteroatoms. The molecule has 0 amide bonds. The number of likely N-dealkylation sites (N-methyl/N-ethyl adjacent to an activating group) is 1. The minimum Gasteiger partial charge on any atom is -0.498 e. The molecular formula is C5H9N2O. The van der Waals surface area contributed by atoms with Gasteiger partial charge < -0.3 is 4.74 Å². The monoisotopic (exact) mass is 113 g/mol. The molecule has 0 bridgehead atoms. The zero-order valence-electron chi connectivity index (χ0n) is 5.09. The van der Waals surface area contributed by atoms with Crippen LogP contribution in [0.2, 0.25) is 0 Å². The van der Waals surface area contributed by atoms with Crippen molar-refractivity contribution in [2.24, 2.45) is 0 Å². The van der Waals surface area contributed by atoms with Crippen molar-refractivity contribution in [1.82, 2.24) is 10.4 Å². The molecule has 1 heterocycles. The summed E-state index contributed by atoms with van der Waals surface area (Å²) in [7, 11) is 3.56. The van der Waals surface area contributed by atoms with Crippen molar-refractivity contribution >= 4 is 0 Å². The van der Waals surface area contributed by atoms with Crippen molar-refractivity contribution in [3.8, 4) is 0 Å². The second-order valence-corrected chi connectivity index (χ2v) is 1.73. The quantitative estimate of drug-likeness (QED) is 0.476. The molecule has 1 aliphatic rings. The summed E-state index contributed by atoms with van der Waals surface area (Å²) in [6.45, 7) is 0.802. The lowest BCUT2D eigenvalue weighted by molar-refractivity contribution is 0.246. The van der Waals surface area contributed by atoms with E-state index in [2.05, 4.69) is 5.43 Å². The third-order valence-corrected chi connectivity index (χ3v) is 1.05. The minimum atomic E-state index is 0.802. The number of hydrogen-bond acceptors (Lipinski definition) is 2. The van der Waals surface area contributed by atoms with Gasteiger partial charge in [0, 0.05) is 7.05 Å². The van der Waals surface area contributed by atoms with E-state index >= 15 is 0 Å². The summed E-state index contributed by atoms with van der Waals surface area (Å²) in [5.74, 6) is 0.924. The lowest BCUT2D eigenvalue weighted by Crippen LogP contribution is -2.19. The highest BCUT2D eigenvalue weighted by molar-refractivity contribution is 4.97. The van der Waals surface area contributed by atoms with Crippen molar-refractivity contribution in [2.75, 3.05) is 20.7 Å². The van der Waals surface area contributed by atoms with E-state index in [0.29, 0.717) is 0 Å². The summed E-state index contributed by atoms with van der Waals surface area (Å²) < 4.78 is 4.91. The van der Waals surface area contributed by atoms with Crippen molar-refractivity contribution in [1.29, 1.82) is 0 Å². The van der Waals surface area contributed by atoms with Crippen LogP contribution >= 0.6 is 0 Å². The summed E-state index contributed by atoms with van der Waals surface area (Å²) in [4.78, 5) is 0. The first-order valence-corrected chi connectivity index (χ1v) is 2.48. The van der Waals surface area contributed by atoms with Crippen molar-refractivity contribution in [3.63, 3.8) is 0 Å². The van der Waals surface area contributed by atoms with Gasteiger partial charge in [0.1, 0.15) is 5.76 Å². The number of methoxy groups -OCH3 is 1. The smallest absolute Gasteiger partial charge is 0.131 e. The lowest BCUT2D eigenvalue weighted by atomic mass is 10.5. The largest absolute Gasteiger partial charge is 0.498 e. The summed E-state index contributed by atoms with van der Waals surface area (Å²) in [6.07, 6.45) is 1.72. The fourth-order valence-electron chi connectivity index (χ4n) is 0.587. The molecule has 45 valence electrons. The van der Waals surface area contributed by atoms with Gasteiger partial charge in [-0.3, -0.25) is 0 Å². The van der Waals surface area contributed by atoms with Crippen LogP contribution in [0.4, 0.5) is 0 Å². The number of hydrogen-bond donors (Lipinski definition) is 0. The second-order valence-electron chi connectivity index (χ2n) is 1.73. The molecule has 8 heavy (non-hydrogen) atoms. The zero-order chi connectivity index (χ0) is 5.98. The molecule has 1 rings (SSSR count). The molecule has 0 fully saturated rings. The van der Waals surface area contributed by atoms with Gasteiger partial charge in [-0.25, -0.2) is 5.43 Å². The summed E-state index contributed by atoms with van der Waals surface area (Å²) in [5, 5.41) is 1.82. The van der Waals surface area contributed by atoms with E-state index in [1.165, 1.54) is 0 Å². The molecule has 0 atom stereocenters. The Balaban J connectivity index is 2.37. The third kappa shape index (κ3) is 0.924. The number of nitrogens with zero attached hydrogens (tertiary/aromatic N) is 2. The maximum atomic E-state index is 4.91. The molecule has 0 unspecified atom stereocenters. The molecule has 1 aliphatic heterocycles. The molecule has 0 N–H and O–H groups in total. The highest BCUT2D eigenvalue weighted by atomic mass is 16.5. The molecule has 0 aromatic heterocycles. The van der Waals surface area contributed by atoms with Gasteiger partial charge in [0.15, 0.2) is 0 Å². The summed E-state index contributed by atoms with van der Waals surface area (Å²) >= 11 is 0. The van der Waals surface area contributed by atoms with Crippen LogP contribution in [0.1, 0.15) is 0 Å². The summed E-state index contributed by atoms with van der Waals surface area (Å²) in [5.41, 5.74) is 3.93. The molecule has 3 nitrogen and oxygen atoms in total. The van der Waals surface area contributed by atoms with E-state index in [4.69, 9.17) is 4.74 Å². The Labute approximate surface area is 48.9 Å². The molecule has 0 aromatic rings. The van der Waals surface area contributed by atoms with Gasteiger partial charge in [0.25, 0.3) is 0 Å². The minimum absolute atomic E-state index is 0.802. The van der Waals surface area contributed by atoms with Gasteiger partial charge in [-0.15, -0.1) is 0 Å². The van der Waals surface area contributed by atoms with E-state index in [-0.39, 0.29) is 0 Å². The van der Waals surface area contributed by atoms with Gasteiger partial charge in [-0.2, -0.15) is 5.01 Å². The van der Waals surface area contributed by atoms with Crippen molar-refractivity contribution in [3.05, 3.63) is 12.0 Å². The second kappa shape index (κ2) is 2.05. The van der Waals surface area contributed by atoms with Crippen LogP contribution in [-0.4, -0.2) is 25.7 Å². The van der Waals surface area contributed by atoms with Gasteiger partial charge in [0.2, 0.25) is 0 Å². The lowest BCUT2D eigenvalue weighted by Gasteiger charge is -2.03. The Kier molecular flexibility index (Phi) is 1.39. The molecule has 1 radical (unpaired) electrons. The molecule has 0 saturated heterocycles. The van der Waals surface area contributed by atoms with Gasteiger partial charge >= 0.3 is 0 Å². The third-order valence-electron chi connectivity index (χ3n) is 1.05. The Hall–Kier alpha value is -0.700. The standard InChI is InChI=1S/C5H9N2O/c1-7-4-5(8-2)3-6-7/h3H,4H2,1-2H3. The van der Waals surface area contributed by atoms with Crippen molar-refractivity contribution < 1.29 is 4.74 Å². The van der Waals surface area contributed by atoms with Crippen LogP contribution in [0, 0.1) is 0 Å². The molecular weight excluding hydrogens is 104 g/mol. The van der Waals surface area contributed by atoms with E-state index in [0.717, 1.165) is 12.3 Å². The fourth-order valence-corrected chi connectivity index (χ4v) is 0.587. The maximum Gasteiger partial charge on any atom is 0.131 e. The first-order valence-electron chi connectivity index (χ1n) is 2.48. The predicted molar refractivity (Wildman–Crippen MR) is 29.9 cm³/mol. The number of rotatable bonds is 1. The SMILES string of the molecule is COC1=C[N]N(C)C1. The Morgan fingerprint density at radius 1 is 1.88 bits per heavy atom. The van der Waals surface area contributed by atoms with E-state index in [1.54, 1.807) is 13.3 Å². The maximum absolute atomic E-state index is 4.91. The van der Waals surface area contributed by atoms with Crippen LogP contribution in [0.5, 0.6) is 0 Å².